The van der Waals surface area contributed by atoms with Gasteiger partial charge in [-0.2, -0.15) is 5.10 Å². The Kier molecular flexibility index (Phi) is 3.80. The number of hydrogen-bond acceptors (Lipinski definition) is 4. The van der Waals surface area contributed by atoms with Crippen molar-refractivity contribution >= 4 is 16.6 Å². The quantitative estimate of drug-likeness (QED) is 0.800. The van der Waals surface area contributed by atoms with E-state index < -0.39 is 0 Å². The van der Waals surface area contributed by atoms with E-state index in [0.717, 1.165) is 37.0 Å². The second-order valence-corrected chi connectivity index (χ2v) is 6.13. The Hall–Kier alpha value is -2.63. The van der Waals surface area contributed by atoms with Crippen LogP contribution in [0.25, 0.3) is 10.9 Å². The van der Waals surface area contributed by atoms with Crippen molar-refractivity contribution in [3.8, 4) is 5.75 Å². The molecule has 3 aromatic rings. The lowest BCUT2D eigenvalue weighted by Crippen LogP contribution is -2.32. The van der Waals surface area contributed by atoms with E-state index in [-0.39, 0.29) is 11.6 Å². The van der Waals surface area contributed by atoms with Crippen molar-refractivity contribution < 1.29 is 9.13 Å². The van der Waals surface area contributed by atoms with Crippen LogP contribution in [0.4, 0.5) is 10.1 Å². The summed E-state index contributed by atoms with van der Waals surface area (Å²) in [4.78, 5) is 6.64. The average molecular weight is 326 g/mol. The Morgan fingerprint density at radius 1 is 1.29 bits per heavy atom. The zero-order valence-electron chi connectivity index (χ0n) is 13.5. The molecule has 3 heterocycles. The standard InChI is InChI=1S/C18H19FN4O/c1-24-18-8-14-16(9-15(18)19)20-5-2-17(14)23-6-3-12(4-7-23)13-10-21-22-11-13/h2,5,8-12H,3-4,6-7H2,1H3,(H,21,22). The lowest BCUT2D eigenvalue weighted by atomic mass is 9.91. The number of aromatic nitrogens is 3. The van der Waals surface area contributed by atoms with E-state index >= 15 is 0 Å². The Morgan fingerprint density at radius 2 is 2.12 bits per heavy atom. The summed E-state index contributed by atoms with van der Waals surface area (Å²) in [5, 5.41) is 7.87. The van der Waals surface area contributed by atoms with Crippen molar-refractivity contribution in [2.45, 2.75) is 18.8 Å². The number of nitrogens with zero attached hydrogens (tertiary/aromatic N) is 3. The van der Waals surface area contributed by atoms with Crippen molar-refractivity contribution in [3.63, 3.8) is 0 Å². The van der Waals surface area contributed by atoms with Crippen LogP contribution in [0.1, 0.15) is 24.3 Å². The van der Waals surface area contributed by atoms with Crippen LogP contribution in [-0.2, 0) is 0 Å². The molecular weight excluding hydrogens is 307 g/mol. The molecule has 0 saturated carbocycles. The van der Waals surface area contributed by atoms with Gasteiger partial charge in [0.1, 0.15) is 0 Å². The van der Waals surface area contributed by atoms with Gasteiger partial charge in [0, 0.05) is 42.6 Å². The van der Waals surface area contributed by atoms with E-state index in [0.29, 0.717) is 11.4 Å². The van der Waals surface area contributed by atoms with Gasteiger partial charge in [-0.15, -0.1) is 0 Å². The number of ether oxygens (including phenoxy) is 1. The molecule has 0 bridgehead atoms. The first-order chi connectivity index (χ1) is 11.8. The molecule has 2 aromatic heterocycles. The predicted molar refractivity (Wildman–Crippen MR) is 91.0 cm³/mol. The highest BCUT2D eigenvalue weighted by Crippen LogP contribution is 2.35. The molecule has 24 heavy (non-hydrogen) atoms. The van der Waals surface area contributed by atoms with E-state index in [9.17, 15) is 4.39 Å². The number of anilines is 1. The lowest BCUT2D eigenvalue weighted by Gasteiger charge is -2.34. The number of fused-ring (bicyclic) bond motifs is 1. The minimum atomic E-state index is -0.381. The molecule has 1 aromatic carbocycles. The van der Waals surface area contributed by atoms with Crippen LogP contribution in [0.5, 0.6) is 5.75 Å². The first-order valence-corrected chi connectivity index (χ1v) is 8.12. The summed E-state index contributed by atoms with van der Waals surface area (Å²) >= 11 is 0. The summed E-state index contributed by atoms with van der Waals surface area (Å²) in [6, 6.07) is 5.18. The summed E-state index contributed by atoms with van der Waals surface area (Å²) in [6.45, 7) is 1.91. The predicted octanol–water partition coefficient (Wildman–Crippen LogP) is 3.49. The van der Waals surface area contributed by atoms with Crippen molar-refractivity contribution in [1.29, 1.82) is 0 Å². The Bertz CT molecular complexity index is 842. The summed E-state index contributed by atoms with van der Waals surface area (Å²) < 4.78 is 19.0. The number of piperidine rings is 1. The van der Waals surface area contributed by atoms with Crippen LogP contribution in [0.3, 0.4) is 0 Å². The maximum Gasteiger partial charge on any atom is 0.167 e. The third kappa shape index (κ3) is 2.58. The van der Waals surface area contributed by atoms with Crippen molar-refractivity contribution in [3.05, 3.63) is 48.2 Å². The number of nitrogens with one attached hydrogen (secondary N) is 1. The van der Waals surface area contributed by atoms with Gasteiger partial charge in [0.2, 0.25) is 0 Å². The number of H-pyrrole nitrogens is 1. The van der Waals surface area contributed by atoms with E-state index in [4.69, 9.17) is 4.74 Å². The first kappa shape index (κ1) is 14.9. The third-order valence-electron chi connectivity index (χ3n) is 4.82. The molecule has 0 atom stereocenters. The van der Waals surface area contributed by atoms with Crippen molar-refractivity contribution in [2.75, 3.05) is 25.1 Å². The van der Waals surface area contributed by atoms with Crippen LogP contribution in [0.2, 0.25) is 0 Å². The molecular formula is C18H19FN4O. The van der Waals surface area contributed by atoms with Crippen LogP contribution >= 0.6 is 0 Å². The number of benzene rings is 1. The van der Waals surface area contributed by atoms with Gasteiger partial charge in [0.25, 0.3) is 0 Å². The zero-order chi connectivity index (χ0) is 16.5. The van der Waals surface area contributed by atoms with Gasteiger partial charge >= 0.3 is 0 Å². The highest BCUT2D eigenvalue weighted by molar-refractivity contribution is 5.92. The van der Waals surface area contributed by atoms with Gasteiger partial charge in [-0.1, -0.05) is 0 Å². The van der Waals surface area contributed by atoms with Gasteiger partial charge in [-0.3, -0.25) is 10.1 Å². The van der Waals surface area contributed by atoms with Gasteiger partial charge in [-0.25, -0.2) is 4.39 Å². The maximum atomic E-state index is 13.9. The number of halogens is 1. The van der Waals surface area contributed by atoms with E-state index in [2.05, 4.69) is 20.1 Å². The molecule has 4 rings (SSSR count). The van der Waals surface area contributed by atoms with Crippen LogP contribution in [0.15, 0.2) is 36.8 Å². The van der Waals surface area contributed by atoms with Crippen LogP contribution in [0, 0.1) is 5.82 Å². The fraction of sp³-hybridized carbons (Fsp3) is 0.333. The number of rotatable bonds is 3. The van der Waals surface area contributed by atoms with Crippen LogP contribution < -0.4 is 9.64 Å². The highest BCUT2D eigenvalue weighted by atomic mass is 19.1. The molecule has 5 nitrogen and oxygen atoms in total. The SMILES string of the molecule is COc1cc2c(N3CCC(c4cn[nH]c4)CC3)ccnc2cc1F. The number of hydrogen-bond donors (Lipinski definition) is 1. The molecule has 0 spiro atoms. The smallest absolute Gasteiger partial charge is 0.167 e. The lowest BCUT2D eigenvalue weighted by molar-refractivity contribution is 0.387. The molecule has 6 heteroatoms. The maximum absolute atomic E-state index is 13.9. The topological polar surface area (TPSA) is 54.0 Å². The minimum absolute atomic E-state index is 0.255. The van der Waals surface area contributed by atoms with Gasteiger partial charge in [0.05, 0.1) is 18.8 Å². The minimum Gasteiger partial charge on any atom is -0.494 e. The Morgan fingerprint density at radius 3 is 2.83 bits per heavy atom. The molecule has 1 aliphatic heterocycles. The second-order valence-electron chi connectivity index (χ2n) is 6.13. The zero-order valence-corrected chi connectivity index (χ0v) is 13.5. The number of methoxy groups -OCH3 is 1. The van der Waals surface area contributed by atoms with E-state index in [1.807, 2.05) is 18.5 Å². The average Bonchev–Trinajstić information content (AvgIpc) is 3.15. The summed E-state index contributed by atoms with van der Waals surface area (Å²) in [7, 11) is 1.48. The van der Waals surface area contributed by atoms with Gasteiger partial charge in [0.15, 0.2) is 11.6 Å². The summed E-state index contributed by atoms with van der Waals surface area (Å²) in [6.07, 6.45) is 7.78. The fourth-order valence-electron chi connectivity index (χ4n) is 3.50. The van der Waals surface area contributed by atoms with Gasteiger partial charge in [-0.05, 0) is 36.5 Å². The third-order valence-corrected chi connectivity index (χ3v) is 4.82. The Labute approximate surface area is 139 Å². The second kappa shape index (κ2) is 6.11. The van der Waals surface area contributed by atoms with Crippen molar-refractivity contribution in [1.82, 2.24) is 15.2 Å². The fourth-order valence-corrected chi connectivity index (χ4v) is 3.50. The van der Waals surface area contributed by atoms with Gasteiger partial charge < -0.3 is 9.64 Å². The van der Waals surface area contributed by atoms with E-state index in [1.165, 1.54) is 18.7 Å². The first-order valence-electron chi connectivity index (χ1n) is 8.12. The molecule has 1 N–H and O–H groups in total. The normalized spacial score (nSPS) is 15.8. The highest BCUT2D eigenvalue weighted by Gasteiger charge is 2.23. The van der Waals surface area contributed by atoms with Crippen LogP contribution in [-0.4, -0.2) is 35.4 Å². The largest absolute Gasteiger partial charge is 0.494 e. The molecule has 1 aliphatic rings. The number of pyridine rings is 1. The molecule has 1 saturated heterocycles. The molecule has 124 valence electrons. The molecule has 0 amide bonds. The monoisotopic (exact) mass is 326 g/mol. The molecule has 0 aliphatic carbocycles. The summed E-state index contributed by atoms with van der Waals surface area (Å²) in [5.74, 6) is 0.415. The summed E-state index contributed by atoms with van der Waals surface area (Å²) in [5.41, 5.74) is 3.02. The van der Waals surface area contributed by atoms with E-state index in [1.54, 1.807) is 12.3 Å². The van der Waals surface area contributed by atoms with Crippen molar-refractivity contribution in [2.24, 2.45) is 0 Å². The molecule has 0 radical (unpaired) electrons. The molecule has 1 fully saturated rings. The number of aromatic amines is 1. The molecule has 0 unspecified atom stereocenters. The Balaban J connectivity index is 1.63.